The molecule has 2 aliphatic heterocycles. The fourth-order valence-electron chi connectivity index (χ4n) is 4.21. The van der Waals surface area contributed by atoms with Crippen molar-refractivity contribution in [3.8, 4) is 0 Å². The van der Waals surface area contributed by atoms with E-state index in [4.69, 9.17) is 9.97 Å². The summed E-state index contributed by atoms with van der Waals surface area (Å²) in [5.74, 6) is 1.60. The van der Waals surface area contributed by atoms with Crippen molar-refractivity contribution < 1.29 is 4.79 Å². The molecule has 154 valence electrons. The van der Waals surface area contributed by atoms with Gasteiger partial charge in [0.1, 0.15) is 11.5 Å². The largest absolute Gasteiger partial charge is 0.362 e. The summed E-state index contributed by atoms with van der Waals surface area (Å²) in [6.07, 6.45) is 4.66. The van der Waals surface area contributed by atoms with Crippen molar-refractivity contribution in [2.75, 3.05) is 43.5 Å². The van der Waals surface area contributed by atoms with E-state index in [9.17, 15) is 4.79 Å². The Morgan fingerprint density at radius 3 is 2.53 bits per heavy atom. The van der Waals surface area contributed by atoms with Crippen molar-refractivity contribution in [1.29, 1.82) is 0 Å². The van der Waals surface area contributed by atoms with Gasteiger partial charge in [-0.3, -0.25) is 9.78 Å². The third-order valence-electron chi connectivity index (χ3n) is 5.79. The molecule has 2 aliphatic rings. The number of rotatable bonds is 3. The van der Waals surface area contributed by atoms with Crippen LogP contribution in [0.2, 0.25) is 0 Å². The minimum absolute atomic E-state index is 0.104. The summed E-state index contributed by atoms with van der Waals surface area (Å²) >= 11 is 0. The molecule has 0 spiro atoms. The quantitative estimate of drug-likeness (QED) is 0.664. The van der Waals surface area contributed by atoms with Gasteiger partial charge in [-0.25, -0.2) is 9.97 Å². The second-order valence-corrected chi connectivity index (χ2v) is 8.08. The van der Waals surface area contributed by atoms with Crippen LogP contribution in [0.5, 0.6) is 0 Å². The van der Waals surface area contributed by atoms with Gasteiger partial charge in [0, 0.05) is 45.7 Å². The number of benzene rings is 1. The van der Waals surface area contributed by atoms with Crippen LogP contribution in [0, 0.1) is 0 Å². The van der Waals surface area contributed by atoms with Crippen LogP contribution in [-0.2, 0) is 13.0 Å². The monoisotopic (exact) mass is 403 g/mol. The molecular formula is C22H25N7O. The van der Waals surface area contributed by atoms with E-state index in [2.05, 4.69) is 14.9 Å². The van der Waals surface area contributed by atoms with E-state index in [-0.39, 0.29) is 5.91 Å². The van der Waals surface area contributed by atoms with E-state index in [0.29, 0.717) is 25.2 Å². The Kier molecular flexibility index (Phi) is 4.69. The molecule has 8 heteroatoms. The van der Waals surface area contributed by atoms with Gasteiger partial charge in [0.2, 0.25) is 5.95 Å². The lowest BCUT2D eigenvalue weighted by atomic mass is 10.1. The van der Waals surface area contributed by atoms with Crippen LogP contribution in [0.3, 0.4) is 0 Å². The number of carbonyl (C=O) groups excluding carboxylic acids is 1. The summed E-state index contributed by atoms with van der Waals surface area (Å²) in [5, 5.41) is 0. The van der Waals surface area contributed by atoms with Crippen LogP contribution in [0.15, 0.2) is 30.5 Å². The zero-order valence-corrected chi connectivity index (χ0v) is 17.4. The Morgan fingerprint density at radius 1 is 1.00 bits per heavy atom. The first-order chi connectivity index (χ1) is 14.6. The Labute approximate surface area is 175 Å². The maximum absolute atomic E-state index is 13.2. The average Bonchev–Trinajstić information content (AvgIpc) is 3.32. The molecule has 0 N–H and O–H groups in total. The molecule has 1 fully saturated rings. The molecule has 30 heavy (non-hydrogen) atoms. The summed E-state index contributed by atoms with van der Waals surface area (Å²) in [4.78, 5) is 37.9. The van der Waals surface area contributed by atoms with E-state index in [1.807, 2.05) is 48.2 Å². The number of amides is 1. The van der Waals surface area contributed by atoms with E-state index < -0.39 is 0 Å². The number of para-hydroxylation sites is 2. The molecule has 0 atom stereocenters. The third-order valence-corrected chi connectivity index (χ3v) is 5.79. The van der Waals surface area contributed by atoms with Crippen molar-refractivity contribution >= 4 is 28.7 Å². The van der Waals surface area contributed by atoms with Crippen molar-refractivity contribution in [2.45, 2.75) is 25.8 Å². The number of anilines is 2. The van der Waals surface area contributed by atoms with Crippen LogP contribution in [0.1, 0.15) is 34.6 Å². The summed E-state index contributed by atoms with van der Waals surface area (Å²) in [5.41, 5.74) is 3.96. The molecule has 0 saturated carbocycles. The summed E-state index contributed by atoms with van der Waals surface area (Å²) in [7, 11) is 3.98. The third kappa shape index (κ3) is 3.32. The zero-order valence-electron chi connectivity index (χ0n) is 17.4. The molecule has 1 amide bonds. The SMILES string of the molecule is CN(C)c1nc(N2CCCC2)nc2c1CN(C(=O)c1cnc3ccccc3n1)CC2. The molecule has 5 rings (SSSR count). The number of hydrogen-bond donors (Lipinski definition) is 0. The Hall–Kier alpha value is -3.29. The van der Waals surface area contributed by atoms with Gasteiger partial charge >= 0.3 is 0 Å². The minimum atomic E-state index is -0.104. The van der Waals surface area contributed by atoms with Gasteiger partial charge in [-0.15, -0.1) is 0 Å². The maximum atomic E-state index is 13.2. The first-order valence-electron chi connectivity index (χ1n) is 10.4. The highest BCUT2D eigenvalue weighted by Crippen LogP contribution is 2.29. The standard InChI is InChI=1S/C22H25N7O/c1-27(2)20-15-14-29(12-9-16(15)25-22(26-20)28-10-5-6-11-28)21(30)19-13-23-17-7-3-4-8-18(17)24-19/h3-4,7-8,13H,5-6,9-12,14H2,1-2H3. The lowest BCUT2D eigenvalue weighted by molar-refractivity contribution is 0.0727. The van der Waals surface area contributed by atoms with Crippen LogP contribution in [0.4, 0.5) is 11.8 Å². The topological polar surface area (TPSA) is 78.4 Å². The molecule has 8 nitrogen and oxygen atoms in total. The molecule has 0 bridgehead atoms. The summed E-state index contributed by atoms with van der Waals surface area (Å²) < 4.78 is 0. The summed E-state index contributed by atoms with van der Waals surface area (Å²) in [6.45, 7) is 3.12. The van der Waals surface area contributed by atoms with E-state index in [0.717, 1.165) is 47.1 Å². The van der Waals surface area contributed by atoms with Crippen molar-refractivity contribution in [2.24, 2.45) is 0 Å². The molecule has 0 aliphatic carbocycles. The highest BCUT2D eigenvalue weighted by atomic mass is 16.2. The number of fused-ring (bicyclic) bond motifs is 2. The van der Waals surface area contributed by atoms with Crippen LogP contribution < -0.4 is 9.80 Å². The second kappa shape index (κ2) is 7.51. The fraction of sp³-hybridized carbons (Fsp3) is 0.409. The molecule has 3 aromatic rings. The van der Waals surface area contributed by atoms with E-state index in [1.54, 1.807) is 6.20 Å². The normalized spacial score (nSPS) is 16.1. The lowest BCUT2D eigenvalue weighted by Crippen LogP contribution is -2.38. The van der Waals surface area contributed by atoms with Crippen molar-refractivity contribution in [3.05, 3.63) is 47.4 Å². The molecule has 0 radical (unpaired) electrons. The van der Waals surface area contributed by atoms with E-state index in [1.165, 1.54) is 12.8 Å². The van der Waals surface area contributed by atoms with E-state index >= 15 is 0 Å². The highest BCUT2D eigenvalue weighted by molar-refractivity contribution is 5.94. The minimum Gasteiger partial charge on any atom is -0.362 e. The van der Waals surface area contributed by atoms with Gasteiger partial charge in [0.15, 0.2) is 0 Å². The van der Waals surface area contributed by atoms with Gasteiger partial charge in [0.25, 0.3) is 5.91 Å². The number of hydrogen-bond acceptors (Lipinski definition) is 7. The summed E-state index contributed by atoms with van der Waals surface area (Å²) in [6, 6.07) is 7.59. The molecule has 1 aromatic carbocycles. The van der Waals surface area contributed by atoms with Gasteiger partial charge in [0.05, 0.1) is 29.5 Å². The smallest absolute Gasteiger partial charge is 0.274 e. The fourth-order valence-corrected chi connectivity index (χ4v) is 4.21. The van der Waals surface area contributed by atoms with Gasteiger partial charge in [-0.05, 0) is 25.0 Å². The first-order valence-corrected chi connectivity index (χ1v) is 10.4. The number of nitrogens with zero attached hydrogens (tertiary/aromatic N) is 7. The van der Waals surface area contributed by atoms with Gasteiger partial charge in [-0.1, -0.05) is 12.1 Å². The zero-order chi connectivity index (χ0) is 20.7. The molecule has 0 unspecified atom stereocenters. The predicted octanol–water partition coefficient (Wildman–Crippen LogP) is 2.28. The average molecular weight is 403 g/mol. The van der Waals surface area contributed by atoms with Gasteiger partial charge in [-0.2, -0.15) is 4.98 Å². The Morgan fingerprint density at radius 2 is 1.77 bits per heavy atom. The molecule has 2 aromatic heterocycles. The van der Waals surface area contributed by atoms with Crippen LogP contribution in [-0.4, -0.2) is 64.5 Å². The Balaban J connectivity index is 1.45. The van der Waals surface area contributed by atoms with Gasteiger partial charge < -0.3 is 14.7 Å². The number of carbonyl (C=O) groups is 1. The molecule has 1 saturated heterocycles. The Bertz CT molecular complexity index is 1110. The number of aromatic nitrogens is 4. The first kappa shape index (κ1) is 18.7. The van der Waals surface area contributed by atoms with Crippen molar-refractivity contribution in [1.82, 2.24) is 24.8 Å². The van der Waals surface area contributed by atoms with Crippen molar-refractivity contribution in [3.63, 3.8) is 0 Å². The predicted molar refractivity (Wildman–Crippen MR) is 116 cm³/mol. The molecular weight excluding hydrogens is 378 g/mol. The highest BCUT2D eigenvalue weighted by Gasteiger charge is 2.29. The molecule has 4 heterocycles. The lowest BCUT2D eigenvalue weighted by Gasteiger charge is -2.31. The van der Waals surface area contributed by atoms with Crippen LogP contribution >= 0.6 is 0 Å². The van der Waals surface area contributed by atoms with Crippen LogP contribution in [0.25, 0.3) is 11.0 Å². The second-order valence-electron chi connectivity index (χ2n) is 8.08. The maximum Gasteiger partial charge on any atom is 0.274 e.